The van der Waals surface area contributed by atoms with Gasteiger partial charge in [-0.2, -0.15) is 0 Å². The fraction of sp³-hybridized carbons (Fsp3) is 0.714. The number of aromatic nitrogens is 2. The van der Waals surface area contributed by atoms with E-state index in [1.165, 1.54) is 0 Å². The van der Waals surface area contributed by atoms with E-state index in [4.69, 9.17) is 0 Å². The van der Waals surface area contributed by atoms with Crippen LogP contribution in [-0.2, 0) is 6.42 Å². The summed E-state index contributed by atoms with van der Waals surface area (Å²) in [6.45, 7) is 9.25. The molecule has 0 spiro atoms. The molecule has 0 aromatic carbocycles. The highest BCUT2D eigenvalue weighted by molar-refractivity contribution is 5.58. The first kappa shape index (κ1) is 15.7. The second-order valence-electron chi connectivity index (χ2n) is 5.47. The van der Waals surface area contributed by atoms with Gasteiger partial charge in [-0.3, -0.25) is 0 Å². The van der Waals surface area contributed by atoms with Gasteiger partial charge in [-0.05, 0) is 26.7 Å². The highest BCUT2D eigenvalue weighted by Gasteiger charge is 2.19. The summed E-state index contributed by atoms with van der Waals surface area (Å²) in [5.74, 6) is 1.79. The molecule has 0 radical (unpaired) electrons. The number of rotatable bonds is 7. The topological polar surface area (TPSA) is 61.3 Å². The van der Waals surface area contributed by atoms with Crippen molar-refractivity contribution in [3.63, 3.8) is 0 Å². The smallest absolute Gasteiger partial charge is 0.137 e. The Labute approximate surface area is 116 Å². The first-order valence-electron chi connectivity index (χ1n) is 6.90. The molecule has 0 saturated carbocycles. The Morgan fingerprint density at radius 1 is 1.32 bits per heavy atom. The molecule has 19 heavy (non-hydrogen) atoms. The summed E-state index contributed by atoms with van der Waals surface area (Å²) in [5.41, 5.74) is 0.351. The normalized spacial score (nSPS) is 11.5. The summed E-state index contributed by atoms with van der Waals surface area (Å²) >= 11 is 0. The third-order valence-corrected chi connectivity index (χ3v) is 2.80. The molecule has 5 nitrogen and oxygen atoms in total. The van der Waals surface area contributed by atoms with Gasteiger partial charge in [0.05, 0.1) is 5.60 Å². The Morgan fingerprint density at radius 3 is 2.53 bits per heavy atom. The van der Waals surface area contributed by atoms with Gasteiger partial charge in [0.15, 0.2) is 0 Å². The van der Waals surface area contributed by atoms with Crippen LogP contribution in [0.2, 0.25) is 0 Å². The average molecular weight is 266 g/mol. The van der Waals surface area contributed by atoms with Crippen LogP contribution in [0, 0.1) is 0 Å². The van der Waals surface area contributed by atoms with Gasteiger partial charge in [-0.25, -0.2) is 9.97 Å². The lowest BCUT2D eigenvalue weighted by molar-refractivity contribution is 0.0884. The van der Waals surface area contributed by atoms with Gasteiger partial charge in [0, 0.05) is 25.7 Å². The van der Waals surface area contributed by atoms with E-state index < -0.39 is 5.60 Å². The molecule has 5 heteroatoms. The zero-order chi connectivity index (χ0) is 14.5. The van der Waals surface area contributed by atoms with Crippen LogP contribution in [0.25, 0.3) is 0 Å². The quantitative estimate of drug-likeness (QED) is 0.791. The van der Waals surface area contributed by atoms with Gasteiger partial charge in [0.25, 0.3) is 0 Å². The van der Waals surface area contributed by atoms with Crippen LogP contribution in [0.1, 0.15) is 39.7 Å². The Kier molecular flexibility index (Phi) is 5.54. The van der Waals surface area contributed by atoms with E-state index in [2.05, 4.69) is 29.1 Å². The van der Waals surface area contributed by atoms with Crippen molar-refractivity contribution in [2.24, 2.45) is 0 Å². The molecule has 1 heterocycles. The van der Waals surface area contributed by atoms with Crippen LogP contribution in [0.3, 0.4) is 0 Å². The Balaban J connectivity index is 2.99. The standard InChI is InChI=1S/C14H26N4O/c1-6-8-15-12-11(7-2)13(17-10-16-12)18(5)9-14(3,4)19/h10,19H,6-9H2,1-5H3,(H,15,16,17). The van der Waals surface area contributed by atoms with Crippen molar-refractivity contribution in [3.05, 3.63) is 11.9 Å². The van der Waals surface area contributed by atoms with E-state index in [1.54, 1.807) is 20.2 Å². The molecule has 1 aromatic heterocycles. The summed E-state index contributed by atoms with van der Waals surface area (Å²) in [6.07, 6.45) is 3.49. The molecule has 0 aliphatic rings. The lowest BCUT2D eigenvalue weighted by Gasteiger charge is -2.28. The Bertz CT molecular complexity index is 401. The predicted molar refractivity (Wildman–Crippen MR) is 79.8 cm³/mol. The van der Waals surface area contributed by atoms with Crippen molar-refractivity contribution in [2.75, 3.05) is 30.4 Å². The lowest BCUT2D eigenvalue weighted by Crippen LogP contribution is -2.37. The van der Waals surface area contributed by atoms with Gasteiger partial charge >= 0.3 is 0 Å². The molecule has 1 aromatic rings. The number of hydrogen-bond acceptors (Lipinski definition) is 5. The number of aliphatic hydroxyl groups is 1. The minimum Gasteiger partial charge on any atom is -0.389 e. The average Bonchev–Trinajstić information content (AvgIpc) is 2.33. The van der Waals surface area contributed by atoms with Crippen molar-refractivity contribution in [1.82, 2.24) is 9.97 Å². The largest absolute Gasteiger partial charge is 0.389 e. The maximum absolute atomic E-state index is 9.92. The first-order chi connectivity index (χ1) is 8.89. The maximum Gasteiger partial charge on any atom is 0.137 e. The molecule has 0 fully saturated rings. The van der Waals surface area contributed by atoms with E-state index in [-0.39, 0.29) is 0 Å². The van der Waals surface area contributed by atoms with Gasteiger partial charge in [-0.15, -0.1) is 0 Å². The van der Waals surface area contributed by atoms with Gasteiger partial charge in [0.1, 0.15) is 18.0 Å². The molecule has 0 unspecified atom stereocenters. The first-order valence-corrected chi connectivity index (χ1v) is 6.90. The number of likely N-dealkylation sites (N-methyl/N-ethyl adjacent to an activating group) is 1. The van der Waals surface area contributed by atoms with E-state index in [1.807, 2.05) is 11.9 Å². The lowest BCUT2D eigenvalue weighted by atomic mass is 10.1. The fourth-order valence-corrected chi connectivity index (χ4v) is 2.11. The van der Waals surface area contributed by atoms with Crippen LogP contribution >= 0.6 is 0 Å². The number of nitrogens with one attached hydrogen (secondary N) is 1. The van der Waals surface area contributed by atoms with E-state index in [9.17, 15) is 5.11 Å². The fourth-order valence-electron chi connectivity index (χ4n) is 2.11. The molecule has 0 atom stereocenters. The van der Waals surface area contributed by atoms with Crippen molar-refractivity contribution < 1.29 is 5.11 Å². The molecule has 0 bridgehead atoms. The third kappa shape index (κ3) is 4.67. The van der Waals surface area contributed by atoms with Gasteiger partial charge < -0.3 is 15.3 Å². The van der Waals surface area contributed by atoms with E-state index >= 15 is 0 Å². The van der Waals surface area contributed by atoms with Gasteiger partial charge in [-0.1, -0.05) is 13.8 Å². The minimum atomic E-state index is -0.748. The van der Waals surface area contributed by atoms with E-state index in [0.29, 0.717) is 6.54 Å². The number of anilines is 2. The number of hydrogen-bond donors (Lipinski definition) is 2. The zero-order valence-corrected chi connectivity index (χ0v) is 12.7. The van der Waals surface area contributed by atoms with Crippen molar-refractivity contribution >= 4 is 11.6 Å². The van der Waals surface area contributed by atoms with Crippen molar-refractivity contribution in [3.8, 4) is 0 Å². The maximum atomic E-state index is 9.92. The third-order valence-electron chi connectivity index (χ3n) is 2.80. The molecular weight excluding hydrogens is 240 g/mol. The molecule has 0 aliphatic heterocycles. The van der Waals surface area contributed by atoms with Crippen LogP contribution in [0.15, 0.2) is 6.33 Å². The summed E-state index contributed by atoms with van der Waals surface area (Å²) < 4.78 is 0. The zero-order valence-electron chi connectivity index (χ0n) is 12.7. The van der Waals surface area contributed by atoms with Crippen LogP contribution in [0.5, 0.6) is 0 Å². The molecule has 108 valence electrons. The van der Waals surface area contributed by atoms with Crippen LogP contribution < -0.4 is 10.2 Å². The van der Waals surface area contributed by atoms with Crippen LogP contribution in [0.4, 0.5) is 11.6 Å². The second kappa shape index (κ2) is 6.70. The molecule has 0 amide bonds. The van der Waals surface area contributed by atoms with Crippen molar-refractivity contribution in [1.29, 1.82) is 0 Å². The highest BCUT2D eigenvalue weighted by atomic mass is 16.3. The minimum absolute atomic E-state index is 0.532. The Hall–Kier alpha value is -1.36. The highest BCUT2D eigenvalue weighted by Crippen LogP contribution is 2.24. The van der Waals surface area contributed by atoms with E-state index in [0.717, 1.165) is 36.6 Å². The summed E-state index contributed by atoms with van der Waals surface area (Å²) in [4.78, 5) is 10.7. The second-order valence-corrected chi connectivity index (χ2v) is 5.47. The molecule has 0 saturated heterocycles. The molecule has 2 N–H and O–H groups in total. The molecule has 0 aliphatic carbocycles. The number of nitrogens with zero attached hydrogens (tertiary/aromatic N) is 3. The van der Waals surface area contributed by atoms with Crippen molar-refractivity contribution in [2.45, 2.75) is 46.1 Å². The summed E-state index contributed by atoms with van der Waals surface area (Å²) in [6, 6.07) is 0. The summed E-state index contributed by atoms with van der Waals surface area (Å²) in [7, 11) is 1.95. The van der Waals surface area contributed by atoms with Gasteiger partial charge in [0.2, 0.25) is 0 Å². The van der Waals surface area contributed by atoms with Crippen LogP contribution in [-0.4, -0.2) is 40.8 Å². The predicted octanol–water partition coefficient (Wildman–Crippen LogP) is 2.07. The molecular formula is C14H26N4O. The Morgan fingerprint density at radius 2 is 2.00 bits per heavy atom. The summed E-state index contributed by atoms with van der Waals surface area (Å²) in [5, 5.41) is 13.3. The SMILES string of the molecule is CCCNc1ncnc(N(C)CC(C)(C)O)c1CC. The monoisotopic (exact) mass is 266 g/mol. The molecule has 1 rings (SSSR count).